The third-order valence-electron chi connectivity index (χ3n) is 7.08. The van der Waals surface area contributed by atoms with Gasteiger partial charge < -0.3 is 14.7 Å². The first-order chi connectivity index (χ1) is 16.0. The highest BCUT2D eigenvalue weighted by Crippen LogP contribution is 2.50. The monoisotopic (exact) mass is 445 g/mol. The highest BCUT2D eigenvalue weighted by atomic mass is 19.1. The number of aromatic hydroxyl groups is 1. The van der Waals surface area contributed by atoms with Crippen molar-refractivity contribution < 1.29 is 19.0 Å². The summed E-state index contributed by atoms with van der Waals surface area (Å²) in [5.74, 6) is 1.71. The minimum atomic E-state index is -0.216. The number of carbonyl (C=O) groups excluding carboxylic acids is 1. The predicted molar refractivity (Wildman–Crippen MR) is 126 cm³/mol. The quantitative estimate of drug-likeness (QED) is 0.419. The molecule has 33 heavy (non-hydrogen) atoms. The Balaban J connectivity index is 1.39. The van der Waals surface area contributed by atoms with Gasteiger partial charge in [0.1, 0.15) is 17.3 Å². The molecule has 1 aliphatic carbocycles. The molecule has 3 aromatic rings. The molecular weight excluding hydrogens is 417 g/mol. The number of benzene rings is 3. The predicted octanol–water partition coefficient (Wildman–Crippen LogP) is 6.22. The van der Waals surface area contributed by atoms with Gasteiger partial charge in [-0.3, -0.25) is 4.79 Å². The van der Waals surface area contributed by atoms with E-state index in [9.17, 15) is 14.3 Å². The molecule has 1 amide bonds. The maximum absolute atomic E-state index is 13.4. The molecule has 170 valence electrons. The second-order valence-corrected chi connectivity index (χ2v) is 9.12. The van der Waals surface area contributed by atoms with Gasteiger partial charge in [-0.25, -0.2) is 4.39 Å². The number of nitrogens with zero attached hydrogens (tertiary/aromatic N) is 1. The fourth-order valence-corrected chi connectivity index (χ4v) is 5.16. The van der Waals surface area contributed by atoms with Crippen molar-refractivity contribution in [2.24, 2.45) is 11.8 Å². The van der Waals surface area contributed by atoms with E-state index >= 15 is 0 Å². The Hall–Kier alpha value is -3.34. The lowest BCUT2D eigenvalue weighted by atomic mass is 9.76. The van der Waals surface area contributed by atoms with E-state index < -0.39 is 0 Å². The summed E-state index contributed by atoms with van der Waals surface area (Å²) in [5, 5.41) is 9.68. The number of hydrogen-bond acceptors (Lipinski definition) is 3. The van der Waals surface area contributed by atoms with Crippen LogP contribution in [-0.2, 0) is 4.79 Å². The van der Waals surface area contributed by atoms with Crippen molar-refractivity contribution in [2.45, 2.75) is 37.6 Å². The number of methoxy groups -OCH3 is 1. The lowest BCUT2D eigenvalue weighted by Gasteiger charge is -2.48. The first kappa shape index (κ1) is 21.5. The summed E-state index contributed by atoms with van der Waals surface area (Å²) in [6.07, 6.45) is 4.08. The van der Waals surface area contributed by atoms with Gasteiger partial charge in [0.2, 0.25) is 5.91 Å². The second-order valence-electron chi connectivity index (χ2n) is 9.12. The largest absolute Gasteiger partial charge is 0.508 e. The number of carbonyl (C=O) groups is 1. The van der Waals surface area contributed by atoms with E-state index in [1.807, 2.05) is 41.3 Å². The molecule has 0 aromatic heterocycles. The van der Waals surface area contributed by atoms with Gasteiger partial charge in [0.05, 0.1) is 19.1 Å². The summed E-state index contributed by atoms with van der Waals surface area (Å²) in [6.45, 7) is 0. The van der Waals surface area contributed by atoms with E-state index in [4.69, 9.17) is 4.74 Å². The fraction of sp³-hybridized carbons (Fsp3) is 0.321. The summed E-state index contributed by atoms with van der Waals surface area (Å²) in [6, 6.07) is 21.5. The highest BCUT2D eigenvalue weighted by Gasteiger charge is 2.49. The maximum Gasteiger partial charge on any atom is 0.233 e. The molecule has 4 nitrogen and oxygen atoms in total. The molecule has 1 saturated heterocycles. The number of rotatable bonds is 8. The lowest BCUT2D eigenvalue weighted by molar-refractivity contribution is -0.130. The minimum Gasteiger partial charge on any atom is -0.508 e. The van der Waals surface area contributed by atoms with Gasteiger partial charge in [-0.2, -0.15) is 0 Å². The molecule has 1 heterocycles. The number of ether oxygens (including phenoxy) is 1. The van der Waals surface area contributed by atoms with Gasteiger partial charge >= 0.3 is 0 Å². The summed E-state index contributed by atoms with van der Waals surface area (Å²) >= 11 is 0. The molecule has 3 unspecified atom stereocenters. The molecule has 3 atom stereocenters. The third-order valence-corrected chi connectivity index (χ3v) is 7.08. The number of anilines is 1. The van der Waals surface area contributed by atoms with Gasteiger partial charge in [0.15, 0.2) is 0 Å². The van der Waals surface area contributed by atoms with Crippen molar-refractivity contribution in [3.8, 4) is 11.5 Å². The molecule has 1 N–H and O–H groups in total. The molecule has 3 aromatic carbocycles. The number of phenols is 1. The Morgan fingerprint density at radius 1 is 1.00 bits per heavy atom. The Morgan fingerprint density at radius 3 is 2.27 bits per heavy atom. The van der Waals surface area contributed by atoms with Gasteiger partial charge in [0, 0.05) is 5.69 Å². The van der Waals surface area contributed by atoms with Crippen LogP contribution in [0.25, 0.3) is 0 Å². The fourth-order valence-electron chi connectivity index (χ4n) is 5.16. The van der Waals surface area contributed by atoms with Crippen LogP contribution in [0.2, 0.25) is 0 Å². The molecule has 2 aliphatic rings. The van der Waals surface area contributed by atoms with Crippen LogP contribution in [0.1, 0.15) is 48.8 Å². The number of halogens is 1. The van der Waals surface area contributed by atoms with E-state index in [1.165, 1.54) is 30.5 Å². The number of phenolic OH excluding ortho intramolecular Hbond substituents is 1. The first-order valence-electron chi connectivity index (χ1n) is 11.6. The van der Waals surface area contributed by atoms with Gasteiger partial charge in [-0.15, -0.1) is 0 Å². The number of hydrogen-bond donors (Lipinski definition) is 1. The van der Waals surface area contributed by atoms with Gasteiger partial charge in [0.25, 0.3) is 0 Å². The smallest absolute Gasteiger partial charge is 0.233 e. The van der Waals surface area contributed by atoms with Crippen molar-refractivity contribution >= 4 is 11.6 Å². The average molecular weight is 446 g/mol. The van der Waals surface area contributed by atoms with E-state index in [0.29, 0.717) is 11.8 Å². The molecular formula is C28H28FNO3. The molecule has 2 fully saturated rings. The summed E-state index contributed by atoms with van der Waals surface area (Å²) < 4.78 is 18.8. The van der Waals surface area contributed by atoms with Crippen LogP contribution in [0, 0.1) is 17.7 Å². The van der Waals surface area contributed by atoms with Crippen molar-refractivity contribution in [3.63, 3.8) is 0 Å². The molecule has 5 rings (SSSR count). The van der Waals surface area contributed by atoms with Crippen molar-refractivity contribution in [2.75, 3.05) is 12.0 Å². The molecule has 5 heteroatoms. The molecule has 0 radical (unpaired) electrons. The van der Waals surface area contributed by atoms with Crippen LogP contribution in [0.4, 0.5) is 10.1 Å². The van der Waals surface area contributed by atoms with Crippen molar-refractivity contribution in [1.29, 1.82) is 0 Å². The molecule has 1 aliphatic heterocycles. The van der Waals surface area contributed by atoms with Gasteiger partial charge in [-0.05, 0) is 97.2 Å². The zero-order valence-electron chi connectivity index (χ0n) is 18.7. The SMILES string of the molecule is COc1ccc(C2C(CCC(c3ccc(F)cc3)C3CC3)C(=O)N2c2ccc(O)cc2)cc1. The Morgan fingerprint density at radius 2 is 1.67 bits per heavy atom. The summed E-state index contributed by atoms with van der Waals surface area (Å²) in [5.41, 5.74) is 3.02. The summed E-state index contributed by atoms with van der Waals surface area (Å²) in [7, 11) is 1.64. The van der Waals surface area contributed by atoms with Crippen LogP contribution >= 0.6 is 0 Å². The zero-order chi connectivity index (χ0) is 22.9. The molecule has 0 bridgehead atoms. The Kier molecular flexibility index (Phi) is 5.79. The normalized spacial score (nSPS) is 20.9. The van der Waals surface area contributed by atoms with Crippen LogP contribution in [-0.4, -0.2) is 18.1 Å². The van der Waals surface area contributed by atoms with E-state index in [0.717, 1.165) is 29.8 Å². The standard InChI is InChI=1S/C28H28FNO3/c1-33-24-14-6-20(7-15-24)27-26(28(32)30(27)22-10-12-23(31)13-11-22)17-16-25(18-2-3-18)19-4-8-21(29)9-5-19/h4-15,18,25-27,31H,2-3,16-17H2,1H3. The number of β-lactam (4-membered cyclic amide) rings is 1. The van der Waals surface area contributed by atoms with E-state index in [-0.39, 0.29) is 29.4 Å². The van der Waals surface area contributed by atoms with E-state index in [2.05, 4.69) is 0 Å². The Labute approximate surface area is 193 Å². The number of amides is 1. The maximum atomic E-state index is 13.4. The molecule has 1 saturated carbocycles. The average Bonchev–Trinajstić information content (AvgIpc) is 3.67. The Bertz CT molecular complexity index is 1110. The van der Waals surface area contributed by atoms with Crippen LogP contribution < -0.4 is 9.64 Å². The van der Waals surface area contributed by atoms with E-state index in [1.54, 1.807) is 31.4 Å². The summed E-state index contributed by atoms with van der Waals surface area (Å²) in [4.78, 5) is 15.2. The molecule has 0 spiro atoms. The highest BCUT2D eigenvalue weighted by molar-refractivity contribution is 6.03. The topological polar surface area (TPSA) is 49.8 Å². The van der Waals surface area contributed by atoms with Crippen LogP contribution in [0.5, 0.6) is 11.5 Å². The lowest BCUT2D eigenvalue weighted by Crippen LogP contribution is -2.55. The second kappa shape index (κ2) is 8.89. The first-order valence-corrected chi connectivity index (χ1v) is 11.6. The van der Waals surface area contributed by atoms with Crippen molar-refractivity contribution in [3.05, 3.63) is 89.7 Å². The minimum absolute atomic E-state index is 0.0685. The zero-order valence-corrected chi connectivity index (χ0v) is 18.7. The van der Waals surface area contributed by atoms with Crippen molar-refractivity contribution in [1.82, 2.24) is 0 Å². The third kappa shape index (κ3) is 4.32. The van der Waals surface area contributed by atoms with Crippen LogP contribution in [0.3, 0.4) is 0 Å². The van der Waals surface area contributed by atoms with Crippen LogP contribution in [0.15, 0.2) is 72.8 Å². The van der Waals surface area contributed by atoms with Gasteiger partial charge in [-0.1, -0.05) is 24.3 Å².